The molecule has 7 nitrogen and oxygen atoms in total. The molecule has 1 aliphatic heterocycles. The number of pyridine rings is 1. The number of halogens is 3. The van der Waals surface area contributed by atoms with Crippen molar-refractivity contribution in [1.82, 2.24) is 19.9 Å². The van der Waals surface area contributed by atoms with Gasteiger partial charge in [0.15, 0.2) is 0 Å². The summed E-state index contributed by atoms with van der Waals surface area (Å²) in [4.78, 5) is 27.7. The predicted octanol–water partition coefficient (Wildman–Crippen LogP) is 6.42. The molecule has 190 valence electrons. The lowest BCUT2D eigenvalue weighted by Gasteiger charge is -2.33. The van der Waals surface area contributed by atoms with E-state index < -0.39 is 17.3 Å². The van der Waals surface area contributed by atoms with E-state index in [4.69, 9.17) is 9.72 Å². The summed E-state index contributed by atoms with van der Waals surface area (Å²) in [7, 11) is 0. The molecule has 0 bridgehead atoms. The van der Waals surface area contributed by atoms with Crippen LogP contribution in [0.5, 0.6) is 0 Å². The number of hydrogen-bond donors (Lipinski definition) is 1. The number of carbonyl (C=O) groups excluding carboxylic acids is 1. The van der Waals surface area contributed by atoms with Gasteiger partial charge in [0.2, 0.25) is 0 Å². The molecule has 10 heteroatoms. The fraction of sp³-hybridized carbons (Fsp3) is 0.385. The van der Waals surface area contributed by atoms with E-state index in [1.54, 1.807) is 41.6 Å². The molecule has 0 radical (unpaired) electrons. The number of carbonyl (C=O) groups is 1. The second-order valence-corrected chi connectivity index (χ2v) is 9.70. The Balaban J connectivity index is 1.65. The quantitative estimate of drug-likeness (QED) is 0.447. The first-order valence-corrected chi connectivity index (χ1v) is 11.7. The molecule has 0 aliphatic carbocycles. The number of hydrogen-bond acceptors (Lipinski definition) is 6. The van der Waals surface area contributed by atoms with Gasteiger partial charge in [-0.2, -0.15) is 13.2 Å². The number of likely N-dealkylation sites (tertiary alicyclic amines) is 1. The van der Waals surface area contributed by atoms with Crippen LogP contribution in [0.25, 0.3) is 11.3 Å². The molecule has 2 aromatic heterocycles. The number of anilines is 2. The second kappa shape index (κ2) is 10.1. The van der Waals surface area contributed by atoms with Crippen molar-refractivity contribution in [1.29, 1.82) is 0 Å². The van der Waals surface area contributed by atoms with Crippen molar-refractivity contribution >= 4 is 17.6 Å². The highest BCUT2D eigenvalue weighted by Crippen LogP contribution is 2.33. The third-order valence-electron chi connectivity index (χ3n) is 5.62. The van der Waals surface area contributed by atoms with Gasteiger partial charge in [-0.15, -0.1) is 0 Å². The monoisotopic (exact) mass is 499 g/mol. The van der Waals surface area contributed by atoms with Gasteiger partial charge in [0.1, 0.15) is 17.2 Å². The lowest BCUT2D eigenvalue weighted by atomic mass is 9.97. The Morgan fingerprint density at radius 1 is 1.08 bits per heavy atom. The van der Waals surface area contributed by atoms with Crippen molar-refractivity contribution < 1.29 is 22.7 Å². The fourth-order valence-electron chi connectivity index (χ4n) is 3.98. The number of nitrogens with one attached hydrogen (secondary N) is 1. The van der Waals surface area contributed by atoms with Gasteiger partial charge >= 0.3 is 12.3 Å². The zero-order chi connectivity index (χ0) is 25.9. The van der Waals surface area contributed by atoms with E-state index in [9.17, 15) is 18.0 Å². The van der Waals surface area contributed by atoms with Crippen LogP contribution in [0.3, 0.4) is 0 Å². The molecule has 1 saturated heterocycles. The Bertz CT molecular complexity index is 1210. The van der Waals surface area contributed by atoms with Crippen molar-refractivity contribution in [2.24, 2.45) is 0 Å². The first kappa shape index (κ1) is 25.4. The van der Waals surface area contributed by atoms with E-state index in [1.807, 2.05) is 20.8 Å². The van der Waals surface area contributed by atoms with Crippen LogP contribution in [0.2, 0.25) is 0 Å². The molecule has 0 saturated carbocycles. The number of piperidine rings is 1. The number of ether oxygens (including phenoxy) is 1. The minimum Gasteiger partial charge on any atom is -0.444 e. The number of rotatable bonds is 4. The van der Waals surface area contributed by atoms with E-state index in [-0.39, 0.29) is 17.7 Å². The van der Waals surface area contributed by atoms with Crippen LogP contribution in [0, 0.1) is 0 Å². The van der Waals surface area contributed by atoms with Crippen LogP contribution < -0.4 is 5.32 Å². The molecule has 3 heterocycles. The van der Waals surface area contributed by atoms with Gasteiger partial charge in [-0.1, -0.05) is 6.07 Å². The van der Waals surface area contributed by atoms with Gasteiger partial charge in [-0.25, -0.2) is 14.8 Å². The molecule has 4 rings (SSSR count). The normalized spacial score (nSPS) is 16.5. The summed E-state index contributed by atoms with van der Waals surface area (Å²) in [6.07, 6.45) is -0.0429. The summed E-state index contributed by atoms with van der Waals surface area (Å²) in [6.45, 7) is 6.42. The average molecular weight is 500 g/mol. The molecule has 1 aliphatic rings. The van der Waals surface area contributed by atoms with Crippen molar-refractivity contribution in [2.45, 2.75) is 51.3 Å². The second-order valence-electron chi connectivity index (χ2n) is 9.70. The molecule has 1 atom stereocenters. The first-order chi connectivity index (χ1) is 17.0. The maximum Gasteiger partial charge on any atom is 0.416 e. The fourth-order valence-corrected chi connectivity index (χ4v) is 3.98. The van der Waals surface area contributed by atoms with Gasteiger partial charge < -0.3 is 15.0 Å². The van der Waals surface area contributed by atoms with Crippen LogP contribution in [-0.2, 0) is 10.9 Å². The lowest BCUT2D eigenvalue weighted by Crippen LogP contribution is -2.42. The molecule has 1 aromatic carbocycles. The maximum atomic E-state index is 13.2. The standard InChI is InChI=1S/C26H28F3N5O2/c1-25(2,3)36-24(35)34-13-5-6-18(16-34)23-32-21(17-9-11-30-12-10-17)15-22(33-23)31-20-8-4-7-19(14-20)26(27,28)29/h4,7-12,14-15,18H,5-6,13,16H2,1-3H3,(H,31,32,33)/t18-/m0/s1. The lowest BCUT2D eigenvalue weighted by molar-refractivity contribution is -0.137. The largest absolute Gasteiger partial charge is 0.444 e. The summed E-state index contributed by atoms with van der Waals surface area (Å²) in [6, 6.07) is 10.2. The predicted molar refractivity (Wildman–Crippen MR) is 130 cm³/mol. The van der Waals surface area contributed by atoms with Gasteiger partial charge in [-0.3, -0.25) is 4.98 Å². The Labute approximate surface area is 207 Å². The summed E-state index contributed by atoms with van der Waals surface area (Å²) >= 11 is 0. The zero-order valence-corrected chi connectivity index (χ0v) is 20.3. The van der Waals surface area contributed by atoms with Crippen LogP contribution in [-0.4, -0.2) is 44.6 Å². The Hall–Kier alpha value is -3.69. The van der Waals surface area contributed by atoms with E-state index >= 15 is 0 Å². The molecular weight excluding hydrogens is 471 g/mol. The van der Waals surface area contributed by atoms with Gasteiger partial charge in [-0.05, 0) is 63.9 Å². The first-order valence-electron chi connectivity index (χ1n) is 11.7. The minimum atomic E-state index is -4.45. The Morgan fingerprint density at radius 3 is 2.53 bits per heavy atom. The van der Waals surface area contributed by atoms with Crippen LogP contribution in [0.1, 0.15) is 50.9 Å². The van der Waals surface area contributed by atoms with Crippen molar-refractivity contribution in [3.8, 4) is 11.3 Å². The van der Waals surface area contributed by atoms with E-state index in [0.29, 0.717) is 30.4 Å². The molecule has 36 heavy (non-hydrogen) atoms. The van der Waals surface area contributed by atoms with E-state index in [1.165, 1.54) is 6.07 Å². The smallest absolute Gasteiger partial charge is 0.416 e. The third kappa shape index (κ3) is 6.50. The number of aromatic nitrogens is 3. The Morgan fingerprint density at radius 2 is 1.83 bits per heavy atom. The average Bonchev–Trinajstić information content (AvgIpc) is 2.83. The number of benzene rings is 1. The molecule has 3 aromatic rings. The minimum absolute atomic E-state index is 0.157. The highest BCUT2D eigenvalue weighted by atomic mass is 19.4. The maximum absolute atomic E-state index is 13.2. The van der Waals surface area contributed by atoms with Crippen LogP contribution >= 0.6 is 0 Å². The summed E-state index contributed by atoms with van der Waals surface area (Å²) in [5.41, 5.74) is 0.293. The summed E-state index contributed by atoms with van der Waals surface area (Å²) in [5.74, 6) is 0.711. The van der Waals surface area contributed by atoms with Gasteiger partial charge in [0, 0.05) is 48.7 Å². The van der Waals surface area contributed by atoms with Crippen molar-refractivity contribution in [2.75, 3.05) is 18.4 Å². The van der Waals surface area contributed by atoms with Crippen LogP contribution in [0.4, 0.5) is 29.5 Å². The third-order valence-corrected chi connectivity index (χ3v) is 5.62. The van der Waals surface area contributed by atoms with Crippen molar-refractivity contribution in [3.63, 3.8) is 0 Å². The highest BCUT2D eigenvalue weighted by Gasteiger charge is 2.31. The molecule has 1 N–H and O–H groups in total. The van der Waals surface area contributed by atoms with Gasteiger partial charge in [0.25, 0.3) is 0 Å². The number of nitrogens with zero attached hydrogens (tertiary/aromatic N) is 4. The number of alkyl halides is 3. The highest BCUT2D eigenvalue weighted by molar-refractivity contribution is 5.68. The SMILES string of the molecule is CC(C)(C)OC(=O)N1CCC[C@H](c2nc(Nc3cccc(C(F)(F)F)c3)cc(-c3ccncc3)n2)C1. The molecule has 1 fully saturated rings. The summed E-state index contributed by atoms with van der Waals surface area (Å²) in [5, 5.41) is 3.00. The molecule has 1 amide bonds. The molecule has 0 unspecified atom stereocenters. The topological polar surface area (TPSA) is 80.2 Å². The number of amides is 1. The van der Waals surface area contributed by atoms with E-state index in [0.717, 1.165) is 30.5 Å². The molecular formula is C26H28F3N5O2. The zero-order valence-electron chi connectivity index (χ0n) is 20.3. The van der Waals surface area contributed by atoms with Gasteiger partial charge in [0.05, 0.1) is 11.3 Å². The molecule has 0 spiro atoms. The van der Waals surface area contributed by atoms with E-state index in [2.05, 4.69) is 15.3 Å². The van der Waals surface area contributed by atoms with Crippen LogP contribution in [0.15, 0.2) is 54.9 Å². The van der Waals surface area contributed by atoms with Crippen molar-refractivity contribution in [3.05, 3.63) is 66.2 Å². The summed E-state index contributed by atoms with van der Waals surface area (Å²) < 4.78 is 45.1. The Kier molecular flexibility index (Phi) is 7.14.